The number of anilines is 1. The van der Waals surface area contributed by atoms with Gasteiger partial charge in [-0.1, -0.05) is 56.0 Å². The summed E-state index contributed by atoms with van der Waals surface area (Å²) in [5.74, 6) is -0.710. The highest BCUT2D eigenvalue weighted by Crippen LogP contribution is 2.53. The molecule has 1 spiro atoms. The minimum absolute atomic E-state index is 0.190. The first-order valence-electron chi connectivity index (χ1n) is 13.4. The average molecular weight is 534 g/mol. The Morgan fingerprint density at radius 2 is 1.76 bits per heavy atom. The lowest BCUT2D eigenvalue weighted by Gasteiger charge is -2.34. The molecule has 200 valence electrons. The van der Waals surface area contributed by atoms with E-state index in [-0.39, 0.29) is 10.3 Å². The van der Waals surface area contributed by atoms with E-state index in [0.717, 1.165) is 60.0 Å². The molecule has 0 saturated heterocycles. The molecule has 0 atom stereocenters. The number of ether oxygens (including phenoxy) is 1. The van der Waals surface area contributed by atoms with E-state index in [1.165, 1.54) is 18.1 Å². The van der Waals surface area contributed by atoms with Crippen molar-refractivity contribution in [1.29, 1.82) is 0 Å². The maximum Gasteiger partial charge on any atom is 0.341 e. The minimum Gasteiger partial charge on any atom is -0.482 e. The number of nitrogens with zero attached hydrogens (tertiary/aromatic N) is 1. The van der Waals surface area contributed by atoms with E-state index in [4.69, 9.17) is 9.84 Å². The molecule has 0 bridgehead atoms. The first-order chi connectivity index (χ1) is 18.1. The van der Waals surface area contributed by atoms with Gasteiger partial charge in [0.2, 0.25) is 0 Å². The Kier molecular flexibility index (Phi) is 6.99. The number of carboxylic acid groups (broad SMARTS) is 1. The zero-order chi connectivity index (χ0) is 27.1. The summed E-state index contributed by atoms with van der Waals surface area (Å²) >= 11 is 0. The monoisotopic (exact) mass is 533 g/mol. The van der Waals surface area contributed by atoms with Gasteiger partial charge in [-0.15, -0.1) is 0 Å². The zero-order valence-electron chi connectivity index (χ0n) is 22.3. The molecule has 6 nitrogen and oxygen atoms in total. The van der Waals surface area contributed by atoms with Crippen molar-refractivity contribution in [3.8, 4) is 16.9 Å². The first-order valence-corrected chi connectivity index (χ1v) is 14.8. The predicted octanol–water partition coefficient (Wildman–Crippen LogP) is 6.41. The summed E-state index contributed by atoms with van der Waals surface area (Å²) in [5, 5.41) is 8.93. The van der Waals surface area contributed by atoms with Crippen LogP contribution in [0.15, 0.2) is 59.5 Å². The van der Waals surface area contributed by atoms with Crippen LogP contribution in [0.5, 0.6) is 5.75 Å². The maximum absolute atomic E-state index is 14.2. The van der Waals surface area contributed by atoms with Crippen LogP contribution in [0.4, 0.5) is 5.69 Å². The largest absolute Gasteiger partial charge is 0.482 e. The van der Waals surface area contributed by atoms with E-state index in [1.54, 1.807) is 23.4 Å². The van der Waals surface area contributed by atoms with Gasteiger partial charge in [0.1, 0.15) is 5.75 Å². The second kappa shape index (κ2) is 10.1. The maximum atomic E-state index is 14.2. The third-order valence-corrected chi connectivity index (χ3v) is 9.83. The summed E-state index contributed by atoms with van der Waals surface area (Å²) in [4.78, 5) is 11.1. The van der Waals surface area contributed by atoms with Crippen LogP contribution in [0.2, 0.25) is 0 Å². The highest BCUT2D eigenvalue weighted by Gasteiger charge is 2.48. The molecule has 1 fully saturated rings. The Labute approximate surface area is 225 Å². The van der Waals surface area contributed by atoms with Gasteiger partial charge in [0.15, 0.2) is 6.61 Å². The molecule has 2 aliphatic rings. The Hall–Kier alpha value is -3.32. The lowest BCUT2D eigenvalue weighted by atomic mass is 9.70. The Bertz CT molecular complexity index is 1490. The molecule has 1 N–H and O–H groups in total. The number of carboxylic acids is 1. The second-order valence-corrected chi connectivity index (χ2v) is 12.6. The molecule has 1 saturated carbocycles. The number of hydrogen-bond donors (Lipinski definition) is 1. The normalized spacial score (nSPS) is 16.4. The number of sulfonamides is 1. The number of hydrogen-bond acceptors (Lipinski definition) is 4. The van der Waals surface area contributed by atoms with Crippen molar-refractivity contribution < 1.29 is 23.1 Å². The van der Waals surface area contributed by atoms with Crippen molar-refractivity contribution in [2.75, 3.05) is 17.5 Å². The highest BCUT2D eigenvalue weighted by molar-refractivity contribution is 7.92. The molecule has 1 aliphatic heterocycles. The molecular weight excluding hydrogens is 498 g/mol. The quantitative estimate of drug-likeness (QED) is 0.380. The van der Waals surface area contributed by atoms with Gasteiger partial charge in [-0.05, 0) is 91.3 Å². The summed E-state index contributed by atoms with van der Waals surface area (Å²) in [6, 6.07) is 17.6. The smallest absolute Gasteiger partial charge is 0.341 e. The van der Waals surface area contributed by atoms with Gasteiger partial charge < -0.3 is 9.84 Å². The van der Waals surface area contributed by atoms with Crippen LogP contribution in [-0.2, 0) is 26.7 Å². The Balaban J connectivity index is 1.62. The topological polar surface area (TPSA) is 83.9 Å². The summed E-state index contributed by atoms with van der Waals surface area (Å²) in [6.45, 7) is 5.89. The third-order valence-electron chi connectivity index (χ3n) is 8.08. The Morgan fingerprint density at radius 3 is 2.42 bits per heavy atom. The molecule has 0 unspecified atom stereocenters. The number of aryl methyl sites for hydroxylation is 3. The van der Waals surface area contributed by atoms with Crippen LogP contribution >= 0.6 is 0 Å². The minimum atomic E-state index is -3.85. The van der Waals surface area contributed by atoms with Crippen LogP contribution in [0.1, 0.15) is 61.3 Å². The number of carbonyl (C=O) groups is 1. The van der Waals surface area contributed by atoms with Crippen molar-refractivity contribution in [1.82, 2.24) is 0 Å². The van der Waals surface area contributed by atoms with Gasteiger partial charge in [0.25, 0.3) is 10.0 Å². The van der Waals surface area contributed by atoms with Crippen molar-refractivity contribution in [3.63, 3.8) is 0 Å². The van der Waals surface area contributed by atoms with Crippen LogP contribution in [0.3, 0.4) is 0 Å². The van der Waals surface area contributed by atoms with Gasteiger partial charge in [-0.3, -0.25) is 4.31 Å². The van der Waals surface area contributed by atoms with Crippen molar-refractivity contribution in [3.05, 3.63) is 76.9 Å². The van der Waals surface area contributed by atoms with Crippen LogP contribution in [-0.4, -0.2) is 32.6 Å². The number of benzene rings is 3. The van der Waals surface area contributed by atoms with Gasteiger partial charge in [-0.25, -0.2) is 13.2 Å². The first kappa shape index (κ1) is 26.3. The Morgan fingerprint density at radius 1 is 1.00 bits per heavy atom. The fourth-order valence-corrected chi connectivity index (χ4v) is 7.86. The highest BCUT2D eigenvalue weighted by atomic mass is 32.2. The second-order valence-electron chi connectivity index (χ2n) is 10.7. The molecule has 0 radical (unpaired) electrons. The average Bonchev–Trinajstić information content (AvgIpc) is 3.22. The molecule has 0 amide bonds. The molecule has 5 rings (SSSR count). The lowest BCUT2D eigenvalue weighted by Crippen LogP contribution is -2.38. The number of aliphatic carboxylic acids is 1. The SMILES string of the molecule is CCc1cc(-c2cccc(C)c2)cc2c1N(S(=O)(=O)c1ccc(OCC(=O)O)c(C)c1)CC21CCCCC1. The van der Waals surface area contributed by atoms with Gasteiger partial charge in [0.05, 0.1) is 10.6 Å². The van der Waals surface area contributed by atoms with Crippen LogP contribution < -0.4 is 9.04 Å². The van der Waals surface area contributed by atoms with Crippen molar-refractivity contribution in [2.24, 2.45) is 0 Å². The summed E-state index contributed by atoms with van der Waals surface area (Å²) in [5.41, 5.74) is 6.94. The van der Waals surface area contributed by atoms with E-state index in [9.17, 15) is 13.2 Å². The predicted molar refractivity (Wildman–Crippen MR) is 150 cm³/mol. The van der Waals surface area contributed by atoms with E-state index < -0.39 is 22.6 Å². The van der Waals surface area contributed by atoms with Gasteiger partial charge in [-0.2, -0.15) is 0 Å². The fourth-order valence-electron chi connectivity index (χ4n) is 6.17. The number of rotatable bonds is 7. The molecule has 3 aromatic carbocycles. The van der Waals surface area contributed by atoms with Crippen molar-refractivity contribution in [2.45, 2.75) is 69.6 Å². The van der Waals surface area contributed by atoms with E-state index in [1.807, 2.05) is 0 Å². The van der Waals surface area contributed by atoms with E-state index in [0.29, 0.717) is 17.9 Å². The zero-order valence-corrected chi connectivity index (χ0v) is 23.1. The molecule has 1 aliphatic carbocycles. The molecule has 1 heterocycles. The van der Waals surface area contributed by atoms with Crippen LogP contribution in [0.25, 0.3) is 11.1 Å². The standard InChI is InChI=1S/C31H35NO5S/c1-4-23-17-25(24-10-8-9-21(2)15-24)18-27-30(23)32(20-31(27)13-6-5-7-14-31)38(35,36)26-11-12-28(22(3)16-26)37-19-29(33)34/h8-12,15-18H,4-7,13-14,19-20H2,1-3H3,(H,33,34). The summed E-state index contributed by atoms with van der Waals surface area (Å²) in [6.07, 6.45) is 6.06. The molecule has 0 aromatic heterocycles. The number of fused-ring (bicyclic) bond motifs is 2. The molecular formula is C31H35NO5S. The van der Waals surface area contributed by atoms with E-state index in [2.05, 4.69) is 50.2 Å². The molecule has 38 heavy (non-hydrogen) atoms. The van der Waals surface area contributed by atoms with Gasteiger partial charge in [0, 0.05) is 12.0 Å². The van der Waals surface area contributed by atoms with Crippen molar-refractivity contribution >= 4 is 21.7 Å². The lowest BCUT2D eigenvalue weighted by molar-refractivity contribution is -0.139. The fraction of sp³-hybridized carbons (Fsp3) is 0.387. The van der Waals surface area contributed by atoms with Crippen LogP contribution in [0, 0.1) is 13.8 Å². The molecule has 3 aromatic rings. The molecule has 7 heteroatoms. The van der Waals surface area contributed by atoms with E-state index >= 15 is 0 Å². The third kappa shape index (κ3) is 4.68. The van der Waals surface area contributed by atoms with Gasteiger partial charge >= 0.3 is 5.97 Å². The summed E-state index contributed by atoms with van der Waals surface area (Å²) < 4.78 is 35.4. The summed E-state index contributed by atoms with van der Waals surface area (Å²) in [7, 11) is -3.85.